The fraction of sp³-hybridized carbons (Fsp3) is 0. The van der Waals surface area contributed by atoms with E-state index in [2.05, 4.69) is 9.97 Å². The first kappa shape index (κ1) is 8.33. The number of rotatable bonds is 0. The molecule has 2 N–H and O–H groups in total. The molecule has 0 saturated heterocycles. The SMILES string of the molecule is Oc1ccc[nH]1.c1ccncc1. The van der Waals surface area contributed by atoms with Crippen LogP contribution in [0, 0.1) is 0 Å². The van der Waals surface area contributed by atoms with E-state index in [-0.39, 0.29) is 5.88 Å². The largest absolute Gasteiger partial charge is 0.495 e. The highest BCUT2D eigenvalue weighted by Gasteiger charge is 1.75. The summed E-state index contributed by atoms with van der Waals surface area (Å²) in [6.07, 6.45) is 5.16. The maximum Gasteiger partial charge on any atom is 0.188 e. The Bertz CT molecular complexity index is 252. The molecule has 0 saturated carbocycles. The average Bonchev–Trinajstić information content (AvgIpc) is 2.60. The standard InChI is InChI=1S/C5H5N.C4H5NO/c1-2-4-6-5-3-1;6-4-2-1-3-5-4/h1-5H;1-3,5-6H. The fourth-order valence-electron chi connectivity index (χ4n) is 0.633. The number of nitrogens with one attached hydrogen (secondary N) is 1. The van der Waals surface area contributed by atoms with Gasteiger partial charge in [0.05, 0.1) is 0 Å². The number of pyridine rings is 1. The number of H-pyrrole nitrogens is 1. The van der Waals surface area contributed by atoms with Crippen LogP contribution in [0.4, 0.5) is 0 Å². The molecule has 0 fully saturated rings. The molecular formula is C9H10N2O. The van der Waals surface area contributed by atoms with Crippen LogP contribution in [-0.2, 0) is 0 Å². The normalized spacial score (nSPS) is 8.33. The molecule has 3 nitrogen and oxygen atoms in total. The molecule has 12 heavy (non-hydrogen) atoms. The second kappa shape index (κ2) is 4.96. The van der Waals surface area contributed by atoms with Gasteiger partial charge < -0.3 is 10.1 Å². The lowest BCUT2D eigenvalue weighted by atomic mass is 10.5. The van der Waals surface area contributed by atoms with Crippen LogP contribution < -0.4 is 0 Å². The Morgan fingerprint density at radius 2 is 1.83 bits per heavy atom. The van der Waals surface area contributed by atoms with Crippen LogP contribution >= 0.6 is 0 Å². The van der Waals surface area contributed by atoms with Crippen molar-refractivity contribution in [3.05, 3.63) is 48.9 Å². The number of aromatic amines is 1. The fourth-order valence-corrected chi connectivity index (χ4v) is 0.633. The Morgan fingerprint density at radius 1 is 1.08 bits per heavy atom. The number of hydrogen-bond donors (Lipinski definition) is 2. The quantitative estimate of drug-likeness (QED) is 0.620. The van der Waals surface area contributed by atoms with E-state index in [1.807, 2.05) is 18.2 Å². The molecule has 0 aliphatic rings. The van der Waals surface area contributed by atoms with Crippen molar-refractivity contribution in [2.75, 3.05) is 0 Å². The van der Waals surface area contributed by atoms with Gasteiger partial charge in [0.15, 0.2) is 5.88 Å². The lowest BCUT2D eigenvalue weighted by Crippen LogP contribution is -1.58. The van der Waals surface area contributed by atoms with Crippen LogP contribution in [0.5, 0.6) is 5.88 Å². The summed E-state index contributed by atoms with van der Waals surface area (Å²) in [5, 5.41) is 8.42. The maximum atomic E-state index is 8.42. The minimum Gasteiger partial charge on any atom is -0.495 e. The third-order valence-corrected chi connectivity index (χ3v) is 1.15. The zero-order valence-corrected chi connectivity index (χ0v) is 6.51. The number of nitrogens with zero attached hydrogens (tertiary/aromatic N) is 1. The van der Waals surface area contributed by atoms with E-state index in [0.717, 1.165) is 0 Å². The molecular weight excluding hydrogens is 152 g/mol. The van der Waals surface area contributed by atoms with Gasteiger partial charge in [0, 0.05) is 18.6 Å². The van der Waals surface area contributed by atoms with Crippen LogP contribution in [0.15, 0.2) is 48.9 Å². The topological polar surface area (TPSA) is 48.9 Å². The van der Waals surface area contributed by atoms with Gasteiger partial charge in [0.25, 0.3) is 0 Å². The molecule has 0 unspecified atom stereocenters. The summed E-state index contributed by atoms with van der Waals surface area (Å²) in [7, 11) is 0. The summed E-state index contributed by atoms with van der Waals surface area (Å²) in [6, 6.07) is 9.03. The minimum atomic E-state index is 0.218. The Morgan fingerprint density at radius 3 is 2.00 bits per heavy atom. The smallest absolute Gasteiger partial charge is 0.188 e. The summed E-state index contributed by atoms with van der Waals surface area (Å²) >= 11 is 0. The van der Waals surface area contributed by atoms with Gasteiger partial charge in [0.1, 0.15) is 0 Å². The molecule has 0 aliphatic heterocycles. The summed E-state index contributed by atoms with van der Waals surface area (Å²) < 4.78 is 0. The second-order valence-electron chi connectivity index (χ2n) is 2.08. The van der Waals surface area contributed by atoms with Crippen molar-refractivity contribution in [3.63, 3.8) is 0 Å². The van der Waals surface area contributed by atoms with Crippen molar-refractivity contribution in [1.82, 2.24) is 9.97 Å². The van der Waals surface area contributed by atoms with E-state index in [1.54, 1.807) is 30.7 Å². The van der Waals surface area contributed by atoms with Crippen molar-refractivity contribution in [3.8, 4) is 5.88 Å². The first-order chi connectivity index (χ1) is 5.89. The lowest BCUT2D eigenvalue weighted by Gasteiger charge is -1.71. The number of aromatic nitrogens is 2. The van der Waals surface area contributed by atoms with E-state index in [1.165, 1.54) is 0 Å². The third kappa shape index (κ3) is 3.41. The minimum absolute atomic E-state index is 0.218. The van der Waals surface area contributed by atoms with Gasteiger partial charge in [-0.05, 0) is 24.3 Å². The van der Waals surface area contributed by atoms with Gasteiger partial charge in [0.2, 0.25) is 0 Å². The van der Waals surface area contributed by atoms with Crippen molar-refractivity contribution in [2.45, 2.75) is 0 Å². The van der Waals surface area contributed by atoms with E-state index in [4.69, 9.17) is 5.11 Å². The molecule has 0 atom stereocenters. The Kier molecular flexibility index (Phi) is 3.44. The van der Waals surface area contributed by atoms with E-state index in [9.17, 15) is 0 Å². The first-order valence-electron chi connectivity index (χ1n) is 3.57. The predicted molar refractivity (Wildman–Crippen MR) is 46.7 cm³/mol. The van der Waals surface area contributed by atoms with Crippen LogP contribution in [-0.4, -0.2) is 15.1 Å². The van der Waals surface area contributed by atoms with Gasteiger partial charge in [-0.2, -0.15) is 0 Å². The molecule has 62 valence electrons. The first-order valence-corrected chi connectivity index (χ1v) is 3.57. The number of hydrogen-bond acceptors (Lipinski definition) is 2. The molecule has 0 bridgehead atoms. The van der Waals surface area contributed by atoms with Crippen molar-refractivity contribution in [2.24, 2.45) is 0 Å². The lowest BCUT2D eigenvalue weighted by molar-refractivity contribution is 0.457. The molecule has 2 aromatic heterocycles. The Balaban J connectivity index is 0.000000120. The zero-order valence-electron chi connectivity index (χ0n) is 6.51. The molecule has 2 aromatic rings. The molecule has 2 rings (SSSR count). The van der Waals surface area contributed by atoms with Crippen LogP contribution in [0.1, 0.15) is 0 Å². The molecule has 0 radical (unpaired) electrons. The molecule has 0 aliphatic carbocycles. The van der Waals surface area contributed by atoms with Crippen molar-refractivity contribution in [1.29, 1.82) is 0 Å². The summed E-state index contributed by atoms with van der Waals surface area (Å²) in [5.41, 5.74) is 0. The third-order valence-electron chi connectivity index (χ3n) is 1.15. The second-order valence-corrected chi connectivity index (χ2v) is 2.08. The molecule has 3 heteroatoms. The zero-order chi connectivity index (χ0) is 8.65. The van der Waals surface area contributed by atoms with Crippen LogP contribution in [0.25, 0.3) is 0 Å². The van der Waals surface area contributed by atoms with E-state index in [0.29, 0.717) is 0 Å². The average molecular weight is 162 g/mol. The van der Waals surface area contributed by atoms with Crippen molar-refractivity contribution >= 4 is 0 Å². The van der Waals surface area contributed by atoms with Gasteiger partial charge in [-0.1, -0.05) is 6.07 Å². The highest BCUT2D eigenvalue weighted by atomic mass is 16.3. The highest BCUT2D eigenvalue weighted by Crippen LogP contribution is 1.97. The van der Waals surface area contributed by atoms with Gasteiger partial charge in [-0.3, -0.25) is 4.98 Å². The van der Waals surface area contributed by atoms with Gasteiger partial charge in [-0.25, -0.2) is 0 Å². The molecule has 0 aromatic carbocycles. The van der Waals surface area contributed by atoms with Gasteiger partial charge in [-0.15, -0.1) is 0 Å². The Labute approximate surface area is 70.7 Å². The predicted octanol–water partition coefficient (Wildman–Crippen LogP) is 1.80. The van der Waals surface area contributed by atoms with E-state index >= 15 is 0 Å². The van der Waals surface area contributed by atoms with E-state index < -0.39 is 0 Å². The summed E-state index contributed by atoms with van der Waals surface area (Å²) in [6.45, 7) is 0. The maximum absolute atomic E-state index is 8.42. The monoisotopic (exact) mass is 162 g/mol. The molecule has 2 heterocycles. The summed E-state index contributed by atoms with van der Waals surface area (Å²) in [4.78, 5) is 6.34. The van der Waals surface area contributed by atoms with Gasteiger partial charge >= 0.3 is 0 Å². The highest BCUT2D eigenvalue weighted by molar-refractivity contribution is 5.06. The van der Waals surface area contributed by atoms with Crippen LogP contribution in [0.3, 0.4) is 0 Å². The molecule has 0 spiro atoms. The summed E-state index contributed by atoms with van der Waals surface area (Å²) in [5.74, 6) is 0.218. The Hall–Kier alpha value is -1.77. The number of aromatic hydroxyl groups is 1. The molecule has 0 amide bonds. The van der Waals surface area contributed by atoms with Crippen molar-refractivity contribution < 1.29 is 5.11 Å². The van der Waals surface area contributed by atoms with Crippen LogP contribution in [0.2, 0.25) is 0 Å².